The summed E-state index contributed by atoms with van der Waals surface area (Å²) in [7, 11) is -3.13. The van der Waals surface area contributed by atoms with Crippen molar-refractivity contribution >= 4 is 33.4 Å². The number of benzene rings is 1. The highest BCUT2D eigenvalue weighted by molar-refractivity contribution is 7.90. The maximum absolute atomic E-state index is 12.5. The lowest BCUT2D eigenvalue weighted by Gasteiger charge is -2.38. The van der Waals surface area contributed by atoms with Gasteiger partial charge in [0.1, 0.15) is 11.5 Å². The minimum Gasteiger partial charge on any atom is -0.357 e. The Morgan fingerprint density at radius 1 is 1.11 bits per heavy atom. The van der Waals surface area contributed by atoms with Gasteiger partial charge in [0.25, 0.3) is 0 Å². The van der Waals surface area contributed by atoms with Crippen LogP contribution < -0.4 is 0 Å². The molecule has 3 aliphatic heterocycles. The van der Waals surface area contributed by atoms with E-state index in [1.807, 2.05) is 48.1 Å². The van der Waals surface area contributed by atoms with Crippen molar-refractivity contribution in [2.24, 2.45) is 0 Å². The summed E-state index contributed by atoms with van der Waals surface area (Å²) < 4.78 is 30.7. The first-order valence-electron chi connectivity index (χ1n) is 12.3. The Balaban J connectivity index is 1.19. The zero-order valence-corrected chi connectivity index (χ0v) is 21.3. The summed E-state index contributed by atoms with van der Waals surface area (Å²) in [5.74, 6) is 1.73. The van der Waals surface area contributed by atoms with E-state index in [1.54, 1.807) is 4.31 Å². The molecule has 1 saturated carbocycles. The van der Waals surface area contributed by atoms with Crippen LogP contribution in [0.4, 0.5) is 0 Å². The molecule has 0 amide bonds. The van der Waals surface area contributed by atoms with Crippen molar-refractivity contribution < 1.29 is 8.42 Å². The fourth-order valence-electron chi connectivity index (χ4n) is 5.50. The molecule has 7 rings (SSSR count). The zero-order chi connectivity index (χ0) is 24.6. The molecule has 2 unspecified atom stereocenters. The van der Waals surface area contributed by atoms with Crippen LogP contribution in [-0.2, 0) is 16.6 Å². The lowest BCUT2D eigenvalue weighted by molar-refractivity contribution is 0.190. The second kappa shape index (κ2) is 8.03. The Bertz CT molecular complexity index is 1510. The number of aryl methyl sites for hydroxylation is 1. The van der Waals surface area contributed by atoms with Gasteiger partial charge in [-0.05, 0) is 55.7 Å². The molecule has 0 N–H and O–H groups in total. The van der Waals surface area contributed by atoms with Crippen molar-refractivity contribution in [3.05, 3.63) is 76.6 Å². The standard InChI is InChI=1S/C25H26ClN7O2S/c1-16-27-28-25-8-7-22-24(33(16)25)12-23(31(22)13-17-3-2-4-18(26)11-17)21-9-10-32(29-21)19-14-30(15-19)36(34,35)20-5-6-20/h2-4,7-12,19-20,22,24H,5-6,13-15H2,1H3. The molecule has 1 saturated heterocycles. The minimum absolute atomic E-state index is 0.0576. The number of fused-ring (bicyclic) bond motifs is 3. The van der Waals surface area contributed by atoms with Gasteiger partial charge in [0.15, 0.2) is 5.82 Å². The third-order valence-corrected chi connectivity index (χ3v) is 10.2. The van der Waals surface area contributed by atoms with E-state index in [0.717, 1.165) is 41.4 Å². The number of sulfonamides is 1. The summed E-state index contributed by atoms with van der Waals surface area (Å²) in [6, 6.07) is 10.2. The van der Waals surface area contributed by atoms with Gasteiger partial charge >= 0.3 is 0 Å². The van der Waals surface area contributed by atoms with Gasteiger partial charge in [0, 0.05) is 30.9 Å². The van der Waals surface area contributed by atoms with E-state index in [-0.39, 0.29) is 23.4 Å². The number of hydrogen-bond acceptors (Lipinski definition) is 6. The Morgan fingerprint density at radius 3 is 2.72 bits per heavy atom. The topological polar surface area (TPSA) is 89.2 Å². The van der Waals surface area contributed by atoms with E-state index < -0.39 is 10.0 Å². The van der Waals surface area contributed by atoms with Crippen LogP contribution in [0.3, 0.4) is 0 Å². The van der Waals surface area contributed by atoms with E-state index in [4.69, 9.17) is 16.7 Å². The average Bonchev–Trinajstić information content (AvgIpc) is 3.33. The van der Waals surface area contributed by atoms with Crippen LogP contribution in [0, 0.1) is 6.92 Å². The summed E-state index contributed by atoms with van der Waals surface area (Å²) in [4.78, 5) is 2.35. The molecule has 0 bridgehead atoms. The highest BCUT2D eigenvalue weighted by Crippen LogP contribution is 2.42. The Kier molecular flexibility index (Phi) is 4.96. The quantitative estimate of drug-likeness (QED) is 0.492. The average molecular weight is 524 g/mol. The molecule has 1 aliphatic carbocycles. The van der Waals surface area contributed by atoms with Gasteiger partial charge in [-0.25, -0.2) is 8.42 Å². The van der Waals surface area contributed by atoms with Crippen LogP contribution >= 0.6 is 11.6 Å². The fourth-order valence-corrected chi connectivity index (χ4v) is 7.63. The summed E-state index contributed by atoms with van der Waals surface area (Å²) in [6.07, 6.45) is 10.0. The molecule has 36 heavy (non-hydrogen) atoms. The number of nitrogens with zero attached hydrogens (tertiary/aromatic N) is 7. The summed E-state index contributed by atoms with van der Waals surface area (Å²) >= 11 is 6.29. The Hall–Kier alpha value is -2.95. The minimum atomic E-state index is -3.13. The SMILES string of the molecule is Cc1nnc2n1C1C=C(c3ccn(C4CN(S(=O)(=O)C5CC5)C4)n3)N(Cc3cccc(Cl)c3)C1C=C2. The van der Waals surface area contributed by atoms with Gasteiger partial charge < -0.3 is 9.47 Å². The second-order valence-electron chi connectivity index (χ2n) is 10.0. The summed E-state index contributed by atoms with van der Waals surface area (Å²) in [5.41, 5.74) is 3.03. The molecule has 186 valence electrons. The molecule has 2 atom stereocenters. The van der Waals surface area contributed by atoms with Crippen molar-refractivity contribution in [3.8, 4) is 0 Å². The molecule has 2 fully saturated rings. The van der Waals surface area contributed by atoms with Gasteiger partial charge in [-0.15, -0.1) is 10.2 Å². The molecular formula is C25H26ClN7O2S. The Morgan fingerprint density at radius 2 is 1.94 bits per heavy atom. The van der Waals surface area contributed by atoms with Gasteiger partial charge in [-0.1, -0.05) is 29.8 Å². The van der Waals surface area contributed by atoms with Crippen LogP contribution in [-0.4, -0.2) is 66.5 Å². The van der Waals surface area contributed by atoms with Crippen molar-refractivity contribution in [3.63, 3.8) is 0 Å². The molecule has 3 aromatic rings. The number of halogens is 1. The number of hydrogen-bond donors (Lipinski definition) is 0. The fraction of sp³-hybridized carbons (Fsp3) is 0.400. The van der Waals surface area contributed by atoms with E-state index in [1.165, 1.54) is 0 Å². The molecule has 5 heterocycles. The predicted molar refractivity (Wildman–Crippen MR) is 136 cm³/mol. The monoisotopic (exact) mass is 523 g/mol. The molecule has 0 spiro atoms. The van der Waals surface area contributed by atoms with Gasteiger partial charge in [-0.2, -0.15) is 9.40 Å². The maximum Gasteiger partial charge on any atom is 0.217 e. The molecule has 0 radical (unpaired) electrons. The molecular weight excluding hydrogens is 498 g/mol. The zero-order valence-electron chi connectivity index (χ0n) is 19.8. The molecule has 11 heteroatoms. The van der Waals surface area contributed by atoms with Gasteiger partial charge in [-0.3, -0.25) is 4.68 Å². The lowest BCUT2D eigenvalue weighted by Crippen LogP contribution is -2.51. The summed E-state index contributed by atoms with van der Waals surface area (Å²) in [6.45, 7) is 3.63. The molecule has 4 aliphatic rings. The van der Waals surface area contributed by atoms with Crippen LogP contribution in [0.1, 0.15) is 47.8 Å². The maximum atomic E-state index is 12.5. The predicted octanol–water partition coefficient (Wildman–Crippen LogP) is 3.28. The third-order valence-electron chi connectivity index (χ3n) is 7.60. The first-order chi connectivity index (χ1) is 17.4. The van der Waals surface area contributed by atoms with Crippen molar-refractivity contribution in [1.29, 1.82) is 0 Å². The molecule has 1 aromatic carbocycles. The highest BCUT2D eigenvalue weighted by Gasteiger charge is 2.46. The van der Waals surface area contributed by atoms with Crippen LogP contribution in [0.15, 0.2) is 48.7 Å². The first kappa shape index (κ1) is 22.3. The highest BCUT2D eigenvalue weighted by atomic mass is 35.5. The Labute approximate surface area is 214 Å². The van der Waals surface area contributed by atoms with Crippen LogP contribution in [0.2, 0.25) is 5.02 Å². The summed E-state index contributed by atoms with van der Waals surface area (Å²) in [5, 5.41) is 14.1. The van der Waals surface area contributed by atoms with Crippen LogP contribution in [0.5, 0.6) is 0 Å². The van der Waals surface area contributed by atoms with Crippen molar-refractivity contribution in [2.45, 2.75) is 49.7 Å². The van der Waals surface area contributed by atoms with E-state index in [9.17, 15) is 8.42 Å². The smallest absolute Gasteiger partial charge is 0.217 e. The third kappa shape index (κ3) is 3.54. The van der Waals surface area contributed by atoms with Crippen molar-refractivity contribution in [2.75, 3.05) is 13.1 Å². The van der Waals surface area contributed by atoms with E-state index in [0.29, 0.717) is 24.7 Å². The first-order valence-corrected chi connectivity index (χ1v) is 14.1. The normalized spacial score (nSPS) is 23.9. The van der Waals surface area contributed by atoms with Crippen molar-refractivity contribution in [1.82, 2.24) is 33.8 Å². The molecule has 9 nitrogen and oxygen atoms in total. The van der Waals surface area contributed by atoms with E-state index >= 15 is 0 Å². The van der Waals surface area contributed by atoms with E-state index in [2.05, 4.69) is 37.9 Å². The number of aromatic nitrogens is 5. The lowest BCUT2D eigenvalue weighted by atomic mass is 10.1. The van der Waals surface area contributed by atoms with Crippen LogP contribution in [0.25, 0.3) is 11.8 Å². The van der Waals surface area contributed by atoms with Gasteiger partial charge in [0.2, 0.25) is 10.0 Å². The van der Waals surface area contributed by atoms with Gasteiger partial charge in [0.05, 0.1) is 29.1 Å². The largest absolute Gasteiger partial charge is 0.357 e. The second-order valence-corrected chi connectivity index (χ2v) is 12.7. The number of rotatable bonds is 6. The molecule has 2 aromatic heterocycles.